The van der Waals surface area contributed by atoms with Crippen molar-refractivity contribution >= 4 is 21.7 Å². The first-order valence-corrected chi connectivity index (χ1v) is 6.68. The molecule has 0 N–H and O–H groups in total. The van der Waals surface area contributed by atoms with Crippen LogP contribution in [-0.2, 0) is 0 Å². The summed E-state index contributed by atoms with van der Waals surface area (Å²) in [5, 5.41) is 1.09. The van der Waals surface area contributed by atoms with Crippen molar-refractivity contribution < 1.29 is 4.74 Å². The highest BCUT2D eigenvalue weighted by Gasteiger charge is 2.07. The van der Waals surface area contributed by atoms with Crippen LogP contribution in [-0.4, -0.2) is 31.0 Å². The average Bonchev–Trinajstić information content (AvgIpc) is 2.34. The summed E-state index contributed by atoms with van der Waals surface area (Å²) >= 11 is 3.44. The Morgan fingerprint density at radius 2 is 2.19 bits per heavy atom. The summed E-state index contributed by atoms with van der Waals surface area (Å²) in [6, 6.07) is 3.83. The summed E-state index contributed by atoms with van der Waals surface area (Å²) in [5.41, 5.74) is 0. The fourth-order valence-corrected chi connectivity index (χ4v) is 1.95. The Bertz CT molecular complexity index is 307. The van der Waals surface area contributed by atoms with Crippen LogP contribution in [0.3, 0.4) is 0 Å². The molecule has 16 heavy (non-hydrogen) atoms. The zero-order valence-electron chi connectivity index (χ0n) is 9.95. The molecule has 0 saturated heterocycles. The number of rotatable bonds is 7. The van der Waals surface area contributed by atoms with Crippen LogP contribution in [0, 0.1) is 0 Å². The molecule has 1 aromatic rings. The first-order chi connectivity index (χ1) is 7.79. The number of halogens is 1. The minimum Gasteiger partial charge on any atom is -0.493 e. The van der Waals surface area contributed by atoms with Gasteiger partial charge in [-0.25, -0.2) is 4.98 Å². The van der Waals surface area contributed by atoms with Gasteiger partial charge in [0.25, 0.3) is 0 Å². The average molecular weight is 287 g/mol. The van der Waals surface area contributed by atoms with E-state index in [2.05, 4.69) is 32.9 Å². The Hall–Kier alpha value is -0.770. The summed E-state index contributed by atoms with van der Waals surface area (Å²) in [6.45, 7) is 1.01. The summed E-state index contributed by atoms with van der Waals surface area (Å²) in [4.78, 5) is 6.49. The molecule has 0 aliphatic carbocycles. The number of alkyl halides is 1. The highest BCUT2D eigenvalue weighted by atomic mass is 79.9. The Morgan fingerprint density at radius 1 is 1.38 bits per heavy atom. The standard InChI is InChI=1S/C12H19BrN2O/c1-15(10-5-3-4-8-13)12-11(16-2)7-6-9-14-12/h6-7,9H,3-5,8,10H2,1-2H3. The molecule has 0 spiro atoms. The highest BCUT2D eigenvalue weighted by Crippen LogP contribution is 2.23. The number of ether oxygens (including phenoxy) is 1. The van der Waals surface area contributed by atoms with Gasteiger partial charge in [-0.2, -0.15) is 0 Å². The number of hydrogen-bond donors (Lipinski definition) is 0. The molecule has 90 valence electrons. The molecule has 0 amide bonds. The molecule has 0 aliphatic rings. The topological polar surface area (TPSA) is 25.4 Å². The monoisotopic (exact) mass is 286 g/mol. The van der Waals surface area contributed by atoms with Crippen molar-refractivity contribution in [3.8, 4) is 5.75 Å². The predicted molar refractivity (Wildman–Crippen MR) is 71.7 cm³/mol. The number of aromatic nitrogens is 1. The molecule has 1 aromatic heterocycles. The molecule has 0 fully saturated rings. The van der Waals surface area contributed by atoms with Crippen LogP contribution >= 0.6 is 15.9 Å². The van der Waals surface area contributed by atoms with E-state index in [0.29, 0.717) is 0 Å². The molecule has 1 heterocycles. The molecule has 0 unspecified atom stereocenters. The maximum atomic E-state index is 5.28. The number of nitrogens with zero attached hydrogens (tertiary/aromatic N) is 2. The van der Waals surface area contributed by atoms with Crippen molar-refractivity contribution in [3.05, 3.63) is 18.3 Å². The number of hydrogen-bond acceptors (Lipinski definition) is 3. The highest BCUT2D eigenvalue weighted by molar-refractivity contribution is 9.09. The van der Waals surface area contributed by atoms with Crippen LogP contribution in [0.5, 0.6) is 5.75 Å². The van der Waals surface area contributed by atoms with Gasteiger partial charge in [0.05, 0.1) is 7.11 Å². The summed E-state index contributed by atoms with van der Waals surface area (Å²) in [7, 11) is 3.73. The Balaban J connectivity index is 2.48. The zero-order valence-corrected chi connectivity index (χ0v) is 11.5. The summed E-state index contributed by atoms with van der Waals surface area (Å²) in [5.74, 6) is 1.76. The smallest absolute Gasteiger partial charge is 0.171 e. The van der Waals surface area contributed by atoms with Gasteiger partial charge in [-0.3, -0.25) is 0 Å². The number of anilines is 1. The Kier molecular flexibility index (Phi) is 6.23. The molecule has 1 rings (SSSR count). The normalized spacial score (nSPS) is 10.2. The van der Waals surface area contributed by atoms with Crippen LogP contribution in [0.2, 0.25) is 0 Å². The van der Waals surface area contributed by atoms with Gasteiger partial charge in [-0.15, -0.1) is 0 Å². The first kappa shape index (κ1) is 13.3. The van der Waals surface area contributed by atoms with E-state index in [-0.39, 0.29) is 0 Å². The van der Waals surface area contributed by atoms with Crippen molar-refractivity contribution in [2.45, 2.75) is 19.3 Å². The van der Waals surface area contributed by atoms with Crippen LogP contribution in [0.1, 0.15) is 19.3 Å². The van der Waals surface area contributed by atoms with E-state index >= 15 is 0 Å². The van der Waals surface area contributed by atoms with Gasteiger partial charge < -0.3 is 9.64 Å². The van der Waals surface area contributed by atoms with Gasteiger partial charge in [0.2, 0.25) is 0 Å². The molecular weight excluding hydrogens is 268 g/mol. The molecule has 0 atom stereocenters. The molecule has 0 aromatic carbocycles. The molecule has 0 radical (unpaired) electrons. The number of unbranched alkanes of at least 4 members (excludes halogenated alkanes) is 2. The molecular formula is C12H19BrN2O. The lowest BCUT2D eigenvalue weighted by Crippen LogP contribution is -2.20. The summed E-state index contributed by atoms with van der Waals surface area (Å²) in [6.07, 6.45) is 5.45. The second-order valence-electron chi connectivity index (χ2n) is 3.70. The lowest BCUT2D eigenvalue weighted by molar-refractivity contribution is 0.413. The van der Waals surface area contributed by atoms with Gasteiger partial charge in [-0.05, 0) is 25.0 Å². The maximum Gasteiger partial charge on any atom is 0.171 e. The summed E-state index contributed by atoms with van der Waals surface area (Å²) < 4.78 is 5.28. The van der Waals surface area contributed by atoms with E-state index in [1.54, 1.807) is 13.3 Å². The van der Waals surface area contributed by atoms with E-state index in [1.165, 1.54) is 19.3 Å². The van der Waals surface area contributed by atoms with Crippen LogP contribution in [0.4, 0.5) is 5.82 Å². The third-order valence-electron chi connectivity index (χ3n) is 2.46. The van der Waals surface area contributed by atoms with Crippen molar-refractivity contribution in [2.75, 3.05) is 30.9 Å². The van der Waals surface area contributed by atoms with E-state index in [9.17, 15) is 0 Å². The van der Waals surface area contributed by atoms with Crippen molar-refractivity contribution in [1.29, 1.82) is 0 Å². The number of methoxy groups -OCH3 is 1. The van der Waals surface area contributed by atoms with Crippen molar-refractivity contribution in [2.24, 2.45) is 0 Å². The fourth-order valence-electron chi connectivity index (χ4n) is 1.55. The van der Waals surface area contributed by atoms with Crippen LogP contribution in [0.25, 0.3) is 0 Å². The minimum atomic E-state index is 0.838. The predicted octanol–water partition coefficient (Wildman–Crippen LogP) is 3.09. The zero-order chi connectivity index (χ0) is 11.8. The van der Waals surface area contributed by atoms with Crippen LogP contribution < -0.4 is 9.64 Å². The molecule has 3 nitrogen and oxygen atoms in total. The maximum absolute atomic E-state index is 5.28. The molecule has 0 bridgehead atoms. The van der Waals surface area contributed by atoms with Gasteiger partial charge >= 0.3 is 0 Å². The fraction of sp³-hybridized carbons (Fsp3) is 0.583. The third kappa shape index (κ3) is 4.00. The lowest BCUT2D eigenvalue weighted by Gasteiger charge is -2.19. The Labute approximate surface area is 106 Å². The lowest BCUT2D eigenvalue weighted by atomic mass is 10.2. The van der Waals surface area contributed by atoms with Gasteiger partial charge in [0.15, 0.2) is 11.6 Å². The largest absolute Gasteiger partial charge is 0.493 e. The van der Waals surface area contributed by atoms with Gasteiger partial charge in [0.1, 0.15) is 0 Å². The second kappa shape index (κ2) is 7.49. The van der Waals surface area contributed by atoms with Crippen molar-refractivity contribution in [1.82, 2.24) is 4.98 Å². The molecule has 0 aliphatic heterocycles. The van der Waals surface area contributed by atoms with Gasteiger partial charge in [0, 0.05) is 25.1 Å². The van der Waals surface area contributed by atoms with E-state index in [0.717, 1.165) is 23.4 Å². The quantitative estimate of drug-likeness (QED) is 0.569. The SMILES string of the molecule is COc1cccnc1N(C)CCCCCBr. The minimum absolute atomic E-state index is 0.838. The molecule has 4 heteroatoms. The van der Waals surface area contributed by atoms with Gasteiger partial charge in [-0.1, -0.05) is 22.4 Å². The van der Waals surface area contributed by atoms with E-state index in [4.69, 9.17) is 4.74 Å². The Morgan fingerprint density at radius 3 is 2.88 bits per heavy atom. The molecule has 0 saturated carbocycles. The van der Waals surface area contributed by atoms with Crippen LogP contribution in [0.15, 0.2) is 18.3 Å². The first-order valence-electron chi connectivity index (χ1n) is 5.55. The third-order valence-corrected chi connectivity index (χ3v) is 3.02. The van der Waals surface area contributed by atoms with E-state index in [1.807, 2.05) is 12.1 Å². The van der Waals surface area contributed by atoms with E-state index < -0.39 is 0 Å². The van der Waals surface area contributed by atoms with Crippen molar-refractivity contribution in [3.63, 3.8) is 0 Å². The second-order valence-corrected chi connectivity index (χ2v) is 4.49. The number of pyridine rings is 1.